The fraction of sp³-hybridized carbons (Fsp3) is 0.167. The second kappa shape index (κ2) is 8.00. The van der Waals surface area contributed by atoms with Crippen LogP contribution in [0.25, 0.3) is 11.4 Å². The van der Waals surface area contributed by atoms with Crippen molar-refractivity contribution in [3.05, 3.63) is 52.5 Å². The summed E-state index contributed by atoms with van der Waals surface area (Å²) in [4.78, 5) is 0. The van der Waals surface area contributed by atoms with Crippen LogP contribution in [0.3, 0.4) is 0 Å². The van der Waals surface area contributed by atoms with Crippen molar-refractivity contribution in [2.75, 3.05) is 21.3 Å². The van der Waals surface area contributed by atoms with Gasteiger partial charge in [0.2, 0.25) is 10.5 Å². The molecule has 0 aliphatic heterocycles. The lowest BCUT2D eigenvalue weighted by molar-refractivity contribution is 0.324. The summed E-state index contributed by atoms with van der Waals surface area (Å²) < 4.78 is 31.6. The van der Waals surface area contributed by atoms with Gasteiger partial charge in [-0.2, -0.15) is 14.9 Å². The highest BCUT2D eigenvalue weighted by atomic mass is 32.1. The Labute approximate surface area is 160 Å². The van der Waals surface area contributed by atoms with E-state index in [2.05, 4.69) is 15.3 Å². The summed E-state index contributed by atoms with van der Waals surface area (Å²) in [6.45, 7) is 0. The first kappa shape index (κ1) is 18.6. The molecule has 7 nitrogen and oxygen atoms in total. The van der Waals surface area contributed by atoms with E-state index in [1.807, 2.05) is 0 Å². The van der Waals surface area contributed by atoms with E-state index in [0.29, 0.717) is 22.8 Å². The molecular weight excluding hydrogens is 371 g/mol. The summed E-state index contributed by atoms with van der Waals surface area (Å²) >= 11 is 5.21. The largest absolute Gasteiger partial charge is 0.493 e. The molecule has 0 saturated heterocycles. The van der Waals surface area contributed by atoms with E-state index in [1.54, 1.807) is 36.5 Å². The molecule has 0 saturated carbocycles. The van der Waals surface area contributed by atoms with Crippen LogP contribution in [0, 0.1) is 10.6 Å². The fourth-order valence-corrected chi connectivity index (χ4v) is 2.70. The lowest BCUT2D eigenvalue weighted by Crippen LogP contribution is -1.99. The number of aromatic nitrogens is 3. The first-order valence-corrected chi connectivity index (χ1v) is 8.26. The van der Waals surface area contributed by atoms with Crippen molar-refractivity contribution in [3.63, 3.8) is 0 Å². The van der Waals surface area contributed by atoms with Gasteiger partial charge in [-0.1, -0.05) is 12.1 Å². The maximum absolute atomic E-state index is 14.1. The van der Waals surface area contributed by atoms with Gasteiger partial charge in [-0.05, 0) is 36.5 Å². The Morgan fingerprint density at radius 1 is 1.11 bits per heavy atom. The standard InChI is InChI=1S/C18H17FN4O3S/c1-24-14-8-11(9-15(25-2)16(14)26-3)10-20-23-17(21-22-18(23)27)12-6-4-5-7-13(12)19/h4-10H,1-3H3,(H,22,27)/b20-10-. The molecular formula is C18H17FN4O3S. The molecule has 0 fully saturated rings. The Balaban J connectivity index is 2.04. The minimum Gasteiger partial charge on any atom is -0.493 e. The Morgan fingerprint density at radius 3 is 2.37 bits per heavy atom. The third kappa shape index (κ3) is 3.68. The van der Waals surface area contributed by atoms with Gasteiger partial charge in [-0.25, -0.2) is 9.49 Å². The van der Waals surface area contributed by atoms with E-state index >= 15 is 0 Å². The van der Waals surface area contributed by atoms with Crippen molar-refractivity contribution < 1.29 is 18.6 Å². The van der Waals surface area contributed by atoms with E-state index in [9.17, 15) is 4.39 Å². The van der Waals surface area contributed by atoms with Crippen molar-refractivity contribution in [1.29, 1.82) is 0 Å². The number of hydrogen-bond donors (Lipinski definition) is 1. The first-order valence-electron chi connectivity index (χ1n) is 7.85. The van der Waals surface area contributed by atoms with Gasteiger partial charge in [-0.15, -0.1) is 0 Å². The Hall–Kier alpha value is -3.20. The molecule has 0 aliphatic carbocycles. The van der Waals surface area contributed by atoms with Crippen LogP contribution in [-0.2, 0) is 0 Å². The highest BCUT2D eigenvalue weighted by Crippen LogP contribution is 2.37. The summed E-state index contributed by atoms with van der Waals surface area (Å²) in [5.74, 6) is 1.30. The molecule has 140 valence electrons. The van der Waals surface area contributed by atoms with Gasteiger partial charge in [-0.3, -0.25) is 0 Å². The van der Waals surface area contributed by atoms with E-state index in [0.717, 1.165) is 0 Å². The molecule has 0 atom stereocenters. The molecule has 1 N–H and O–H groups in total. The molecule has 3 rings (SSSR count). The van der Waals surface area contributed by atoms with Crippen LogP contribution in [0.4, 0.5) is 4.39 Å². The van der Waals surface area contributed by atoms with Crippen LogP contribution in [0.15, 0.2) is 41.5 Å². The molecule has 0 aliphatic rings. The van der Waals surface area contributed by atoms with Crippen molar-refractivity contribution in [2.45, 2.75) is 0 Å². The number of halogens is 1. The topological polar surface area (TPSA) is 73.7 Å². The molecule has 0 amide bonds. The van der Waals surface area contributed by atoms with Gasteiger partial charge in [0.1, 0.15) is 5.82 Å². The third-order valence-electron chi connectivity index (χ3n) is 3.77. The third-order valence-corrected chi connectivity index (χ3v) is 4.04. The minimum absolute atomic E-state index is 0.233. The van der Waals surface area contributed by atoms with Crippen molar-refractivity contribution in [2.24, 2.45) is 5.10 Å². The van der Waals surface area contributed by atoms with Crippen LogP contribution in [0.2, 0.25) is 0 Å². The number of nitrogens with zero attached hydrogens (tertiary/aromatic N) is 3. The number of rotatable bonds is 6. The van der Waals surface area contributed by atoms with Crippen LogP contribution < -0.4 is 14.2 Å². The van der Waals surface area contributed by atoms with Gasteiger partial charge in [0.15, 0.2) is 17.3 Å². The summed E-state index contributed by atoms with van der Waals surface area (Å²) in [5.41, 5.74) is 0.957. The first-order chi connectivity index (χ1) is 13.1. The normalized spacial score (nSPS) is 11.0. The smallest absolute Gasteiger partial charge is 0.216 e. The average Bonchev–Trinajstić information content (AvgIpc) is 3.06. The molecule has 2 aromatic carbocycles. The highest BCUT2D eigenvalue weighted by molar-refractivity contribution is 7.71. The van der Waals surface area contributed by atoms with Gasteiger partial charge >= 0.3 is 0 Å². The second-order valence-corrected chi connectivity index (χ2v) is 5.73. The maximum atomic E-state index is 14.1. The summed E-state index contributed by atoms with van der Waals surface area (Å²) in [6.07, 6.45) is 1.54. The van der Waals surface area contributed by atoms with E-state index in [1.165, 1.54) is 32.1 Å². The van der Waals surface area contributed by atoms with E-state index in [4.69, 9.17) is 26.4 Å². The Kier molecular flexibility index (Phi) is 5.51. The number of hydrogen-bond acceptors (Lipinski definition) is 6. The van der Waals surface area contributed by atoms with Crippen molar-refractivity contribution in [3.8, 4) is 28.6 Å². The Morgan fingerprint density at radius 2 is 1.78 bits per heavy atom. The molecule has 0 bridgehead atoms. The van der Waals surface area contributed by atoms with Gasteiger partial charge in [0.05, 0.1) is 33.1 Å². The molecule has 9 heteroatoms. The van der Waals surface area contributed by atoms with Crippen LogP contribution in [-0.4, -0.2) is 42.4 Å². The summed E-state index contributed by atoms with van der Waals surface area (Å²) in [7, 11) is 4.58. The SMILES string of the molecule is COc1cc(/C=N\n2c(-c3ccccc3F)n[nH]c2=S)cc(OC)c1OC. The lowest BCUT2D eigenvalue weighted by atomic mass is 10.2. The molecule has 0 spiro atoms. The quantitative estimate of drug-likeness (QED) is 0.515. The van der Waals surface area contributed by atoms with Gasteiger partial charge < -0.3 is 14.2 Å². The molecule has 0 radical (unpaired) electrons. The zero-order valence-electron chi connectivity index (χ0n) is 14.9. The van der Waals surface area contributed by atoms with Crippen LogP contribution in [0.5, 0.6) is 17.2 Å². The van der Waals surface area contributed by atoms with Crippen LogP contribution in [0.1, 0.15) is 5.56 Å². The van der Waals surface area contributed by atoms with Crippen molar-refractivity contribution in [1.82, 2.24) is 14.9 Å². The molecule has 3 aromatic rings. The molecule has 27 heavy (non-hydrogen) atoms. The summed E-state index contributed by atoms with van der Waals surface area (Å²) in [6, 6.07) is 9.73. The summed E-state index contributed by atoms with van der Waals surface area (Å²) in [5, 5.41) is 11.0. The predicted molar refractivity (Wildman–Crippen MR) is 102 cm³/mol. The maximum Gasteiger partial charge on any atom is 0.216 e. The van der Waals surface area contributed by atoms with E-state index in [-0.39, 0.29) is 16.2 Å². The number of H-pyrrole nitrogens is 1. The van der Waals surface area contributed by atoms with Gasteiger partial charge in [0.25, 0.3) is 0 Å². The number of nitrogens with one attached hydrogen (secondary N) is 1. The zero-order chi connectivity index (χ0) is 19.4. The van der Waals surface area contributed by atoms with Gasteiger partial charge in [0, 0.05) is 5.56 Å². The minimum atomic E-state index is -0.421. The second-order valence-electron chi connectivity index (χ2n) is 5.35. The Bertz CT molecular complexity index is 1020. The number of ether oxygens (including phenoxy) is 3. The zero-order valence-corrected chi connectivity index (χ0v) is 15.7. The molecule has 0 unspecified atom stereocenters. The molecule has 1 aromatic heterocycles. The highest BCUT2D eigenvalue weighted by Gasteiger charge is 2.14. The monoisotopic (exact) mass is 388 g/mol. The predicted octanol–water partition coefficient (Wildman–Crippen LogP) is 3.65. The number of aromatic amines is 1. The lowest BCUT2D eigenvalue weighted by Gasteiger charge is -2.12. The average molecular weight is 388 g/mol. The fourth-order valence-electron chi connectivity index (χ4n) is 2.52. The molecule has 1 heterocycles. The van der Waals surface area contributed by atoms with Crippen LogP contribution >= 0.6 is 12.2 Å². The van der Waals surface area contributed by atoms with E-state index < -0.39 is 5.82 Å². The number of benzene rings is 2. The number of methoxy groups -OCH3 is 3. The van der Waals surface area contributed by atoms with Crippen molar-refractivity contribution >= 4 is 18.4 Å².